The summed E-state index contributed by atoms with van der Waals surface area (Å²) >= 11 is 0. The van der Waals surface area contributed by atoms with Gasteiger partial charge in [0.25, 0.3) is 5.91 Å². The van der Waals surface area contributed by atoms with Crippen molar-refractivity contribution in [2.24, 2.45) is 0 Å². The van der Waals surface area contributed by atoms with Crippen LogP contribution >= 0.6 is 0 Å². The fourth-order valence-corrected chi connectivity index (χ4v) is 2.15. The molecule has 0 aromatic heterocycles. The Morgan fingerprint density at radius 1 is 1.07 bits per heavy atom. The van der Waals surface area contributed by atoms with Crippen LogP contribution in [-0.2, 0) is 14.3 Å². The Morgan fingerprint density at radius 2 is 1.81 bits per heavy atom. The molecule has 0 saturated heterocycles. The summed E-state index contributed by atoms with van der Waals surface area (Å²) in [7, 11) is 1.50. The number of nitrogens with one attached hydrogen (secondary N) is 1. The lowest BCUT2D eigenvalue weighted by Crippen LogP contribution is -2.23. The minimum absolute atomic E-state index is 0.372. The van der Waals surface area contributed by atoms with Crippen molar-refractivity contribution in [3.05, 3.63) is 59.9 Å². The number of halogens is 1. The second-order valence-electron chi connectivity index (χ2n) is 5.41. The van der Waals surface area contributed by atoms with E-state index in [9.17, 15) is 14.0 Å². The van der Waals surface area contributed by atoms with Crippen LogP contribution in [0.15, 0.2) is 48.5 Å². The highest BCUT2D eigenvalue weighted by molar-refractivity contribution is 5.92. The third kappa shape index (κ3) is 6.47. The number of hydrogen-bond acceptors (Lipinski definition) is 5. The van der Waals surface area contributed by atoms with E-state index < -0.39 is 24.3 Å². The normalized spacial score (nSPS) is 10.5. The molecule has 1 amide bonds. The largest absolute Gasteiger partial charge is 0.493 e. The van der Waals surface area contributed by atoms with E-state index in [-0.39, 0.29) is 6.61 Å². The number of carbonyl (C=O) groups is 2. The van der Waals surface area contributed by atoms with Gasteiger partial charge < -0.3 is 19.5 Å². The molecule has 0 atom stereocenters. The van der Waals surface area contributed by atoms with E-state index in [1.165, 1.54) is 31.4 Å². The van der Waals surface area contributed by atoms with Gasteiger partial charge in [0.2, 0.25) is 0 Å². The van der Waals surface area contributed by atoms with E-state index in [0.717, 1.165) is 5.56 Å². The lowest BCUT2D eigenvalue weighted by atomic mass is 10.2. The molecule has 0 unspecified atom stereocenters. The second-order valence-corrected chi connectivity index (χ2v) is 5.41. The first-order valence-electron chi connectivity index (χ1n) is 8.16. The zero-order chi connectivity index (χ0) is 19.6. The summed E-state index contributed by atoms with van der Waals surface area (Å²) in [4.78, 5) is 23.5. The standard InChI is InChI=1S/C20H20FNO5/c1-3-4-14-5-10-17(18(11-14)25-2)26-13-20(24)27-12-19(23)22-16-8-6-15(21)7-9-16/h3-11H,12-13H2,1-2H3,(H,22,23)/b4-3+. The Labute approximate surface area is 156 Å². The summed E-state index contributed by atoms with van der Waals surface area (Å²) in [5, 5.41) is 2.48. The quantitative estimate of drug-likeness (QED) is 0.718. The number of hydrogen-bond donors (Lipinski definition) is 1. The Morgan fingerprint density at radius 3 is 2.48 bits per heavy atom. The minimum atomic E-state index is -0.705. The van der Waals surface area contributed by atoms with E-state index in [0.29, 0.717) is 17.2 Å². The third-order valence-electron chi connectivity index (χ3n) is 3.38. The predicted molar refractivity (Wildman–Crippen MR) is 99.2 cm³/mol. The highest BCUT2D eigenvalue weighted by Crippen LogP contribution is 2.28. The summed E-state index contributed by atoms with van der Waals surface area (Å²) in [5.41, 5.74) is 1.33. The number of esters is 1. The summed E-state index contributed by atoms with van der Waals surface area (Å²) < 4.78 is 28.3. The second kappa shape index (κ2) is 9.96. The van der Waals surface area contributed by atoms with Crippen molar-refractivity contribution in [2.45, 2.75) is 6.92 Å². The Kier molecular flexibility index (Phi) is 7.37. The van der Waals surface area contributed by atoms with E-state index in [1.807, 2.05) is 25.1 Å². The van der Waals surface area contributed by atoms with Gasteiger partial charge >= 0.3 is 5.97 Å². The van der Waals surface area contributed by atoms with Crippen LogP contribution in [0, 0.1) is 5.82 Å². The van der Waals surface area contributed by atoms with Gasteiger partial charge in [-0.2, -0.15) is 0 Å². The van der Waals surface area contributed by atoms with Gasteiger partial charge in [0, 0.05) is 5.69 Å². The number of benzene rings is 2. The summed E-state index contributed by atoms with van der Waals surface area (Å²) in [6.45, 7) is 1.05. The first kappa shape index (κ1) is 20.0. The molecule has 2 rings (SSSR count). The number of anilines is 1. The monoisotopic (exact) mass is 373 g/mol. The fourth-order valence-electron chi connectivity index (χ4n) is 2.15. The molecule has 6 nitrogen and oxygen atoms in total. The first-order valence-corrected chi connectivity index (χ1v) is 8.16. The maximum atomic E-state index is 12.8. The Balaban J connectivity index is 1.80. The number of methoxy groups -OCH3 is 1. The molecule has 0 saturated carbocycles. The molecule has 142 valence electrons. The first-order chi connectivity index (χ1) is 13.0. The highest BCUT2D eigenvalue weighted by Gasteiger charge is 2.11. The van der Waals surface area contributed by atoms with Crippen LogP contribution in [0.5, 0.6) is 11.5 Å². The molecule has 2 aromatic rings. The molecule has 0 radical (unpaired) electrons. The van der Waals surface area contributed by atoms with Gasteiger partial charge in [-0.25, -0.2) is 9.18 Å². The summed E-state index contributed by atoms with van der Waals surface area (Å²) in [6, 6.07) is 10.5. The zero-order valence-corrected chi connectivity index (χ0v) is 15.0. The topological polar surface area (TPSA) is 73.9 Å². The van der Waals surface area contributed by atoms with E-state index in [1.54, 1.807) is 12.1 Å². The van der Waals surface area contributed by atoms with Crippen molar-refractivity contribution in [1.29, 1.82) is 0 Å². The molecule has 1 N–H and O–H groups in total. The fraction of sp³-hybridized carbons (Fsp3) is 0.200. The van der Waals surface area contributed by atoms with Gasteiger partial charge in [-0.05, 0) is 48.9 Å². The average Bonchev–Trinajstić information content (AvgIpc) is 2.67. The molecule has 0 aliphatic heterocycles. The van der Waals surface area contributed by atoms with Crippen LogP contribution in [-0.4, -0.2) is 32.2 Å². The maximum Gasteiger partial charge on any atom is 0.344 e. The number of carbonyl (C=O) groups excluding carboxylic acids is 2. The van der Waals surface area contributed by atoms with Crippen LogP contribution < -0.4 is 14.8 Å². The minimum Gasteiger partial charge on any atom is -0.493 e. The van der Waals surface area contributed by atoms with Gasteiger partial charge in [-0.1, -0.05) is 18.2 Å². The SMILES string of the molecule is C/C=C/c1ccc(OCC(=O)OCC(=O)Nc2ccc(F)cc2)c(OC)c1. The van der Waals surface area contributed by atoms with Crippen LogP contribution in [0.3, 0.4) is 0 Å². The van der Waals surface area contributed by atoms with Crippen molar-refractivity contribution in [3.8, 4) is 11.5 Å². The molecule has 0 fully saturated rings. The molecule has 0 aliphatic rings. The van der Waals surface area contributed by atoms with Crippen molar-refractivity contribution >= 4 is 23.6 Å². The van der Waals surface area contributed by atoms with Crippen LogP contribution in [0.4, 0.5) is 10.1 Å². The van der Waals surface area contributed by atoms with Gasteiger partial charge in [0.1, 0.15) is 5.82 Å². The molecule has 0 heterocycles. The van der Waals surface area contributed by atoms with Crippen LogP contribution in [0.2, 0.25) is 0 Å². The van der Waals surface area contributed by atoms with Crippen molar-refractivity contribution in [3.63, 3.8) is 0 Å². The molecule has 0 aliphatic carbocycles. The van der Waals surface area contributed by atoms with Gasteiger partial charge in [-0.3, -0.25) is 4.79 Å². The van der Waals surface area contributed by atoms with Crippen molar-refractivity contribution < 1.29 is 28.2 Å². The van der Waals surface area contributed by atoms with Crippen molar-refractivity contribution in [2.75, 3.05) is 25.6 Å². The molecular weight excluding hydrogens is 353 g/mol. The smallest absolute Gasteiger partial charge is 0.344 e. The Hall–Kier alpha value is -3.35. The number of rotatable bonds is 8. The molecule has 0 bridgehead atoms. The summed E-state index contributed by atoms with van der Waals surface area (Å²) in [5.74, 6) is -0.788. The van der Waals surface area contributed by atoms with Gasteiger partial charge in [0.15, 0.2) is 24.7 Å². The number of amides is 1. The van der Waals surface area contributed by atoms with E-state index >= 15 is 0 Å². The third-order valence-corrected chi connectivity index (χ3v) is 3.38. The van der Waals surface area contributed by atoms with Gasteiger partial charge in [0.05, 0.1) is 7.11 Å². The van der Waals surface area contributed by atoms with Crippen LogP contribution in [0.1, 0.15) is 12.5 Å². The molecule has 2 aromatic carbocycles. The number of allylic oxidation sites excluding steroid dienone is 1. The highest BCUT2D eigenvalue weighted by atomic mass is 19.1. The molecule has 27 heavy (non-hydrogen) atoms. The van der Waals surface area contributed by atoms with Gasteiger partial charge in [-0.15, -0.1) is 0 Å². The zero-order valence-electron chi connectivity index (χ0n) is 15.0. The average molecular weight is 373 g/mol. The van der Waals surface area contributed by atoms with E-state index in [4.69, 9.17) is 14.2 Å². The predicted octanol–water partition coefficient (Wildman–Crippen LogP) is 3.43. The number of ether oxygens (including phenoxy) is 3. The molecular formula is C20H20FNO5. The van der Waals surface area contributed by atoms with Crippen molar-refractivity contribution in [1.82, 2.24) is 0 Å². The lowest BCUT2D eigenvalue weighted by Gasteiger charge is -2.11. The summed E-state index contributed by atoms with van der Waals surface area (Å²) in [6.07, 6.45) is 3.80. The lowest BCUT2D eigenvalue weighted by molar-refractivity contribution is -0.149. The molecule has 7 heteroatoms. The van der Waals surface area contributed by atoms with E-state index in [2.05, 4.69) is 5.32 Å². The Bertz CT molecular complexity index is 818. The van der Waals surface area contributed by atoms with Crippen LogP contribution in [0.25, 0.3) is 6.08 Å². The maximum absolute atomic E-state index is 12.8. The molecule has 0 spiro atoms.